The predicted octanol–water partition coefficient (Wildman–Crippen LogP) is 0.0339. The van der Waals surface area contributed by atoms with E-state index in [0.29, 0.717) is 24.1 Å². The van der Waals surface area contributed by atoms with Crippen molar-refractivity contribution in [2.45, 2.75) is 0 Å². The van der Waals surface area contributed by atoms with Gasteiger partial charge >= 0.3 is 0 Å². The molecule has 1 aliphatic heterocycles. The van der Waals surface area contributed by atoms with Gasteiger partial charge in [0.2, 0.25) is 5.91 Å². The predicted molar refractivity (Wildman–Crippen MR) is 98.8 cm³/mol. The molecule has 4 rings (SSSR count). The number of nitrogens with zero attached hydrogens (tertiary/aromatic N) is 8. The first-order valence-electron chi connectivity index (χ1n) is 8.77. The topological polar surface area (TPSA) is 97.0 Å². The zero-order chi connectivity index (χ0) is 18.6. The van der Waals surface area contributed by atoms with Gasteiger partial charge in [-0.05, 0) is 19.2 Å². The van der Waals surface area contributed by atoms with Crippen molar-refractivity contribution in [2.24, 2.45) is 0 Å². The lowest BCUT2D eigenvalue weighted by atomic mass is 10.3. The van der Waals surface area contributed by atoms with E-state index in [1.165, 1.54) is 0 Å². The average Bonchev–Trinajstić information content (AvgIpc) is 3.37. The van der Waals surface area contributed by atoms with Gasteiger partial charge in [0.1, 0.15) is 5.82 Å². The van der Waals surface area contributed by atoms with Crippen molar-refractivity contribution < 1.29 is 4.79 Å². The van der Waals surface area contributed by atoms with E-state index < -0.39 is 0 Å². The maximum Gasteiger partial charge on any atom is 0.254 e. The first kappa shape index (κ1) is 17.3. The van der Waals surface area contributed by atoms with Crippen LogP contribution in [0.5, 0.6) is 0 Å². The number of anilines is 1. The van der Waals surface area contributed by atoms with Gasteiger partial charge in [-0.1, -0.05) is 0 Å². The summed E-state index contributed by atoms with van der Waals surface area (Å²) in [5.41, 5.74) is 0. The van der Waals surface area contributed by atoms with Crippen LogP contribution in [0.4, 0.5) is 5.82 Å². The van der Waals surface area contributed by atoms with E-state index in [9.17, 15) is 4.79 Å². The van der Waals surface area contributed by atoms with Crippen LogP contribution in [0.1, 0.15) is 0 Å². The molecule has 10 heteroatoms. The van der Waals surface area contributed by atoms with Crippen LogP contribution in [0.2, 0.25) is 0 Å². The fourth-order valence-corrected chi connectivity index (χ4v) is 2.89. The summed E-state index contributed by atoms with van der Waals surface area (Å²) in [6.07, 6.45) is 6.85. The standard InChI is InChI=1S/C17H21N9O/c1-23-8-10-24(11-9-23)13-16(27)20-14-12-15(25-6-2-4-18-25)22-17(21-14)26-7-3-5-19-26/h2-7,12H,8-11,13H2,1H3,(H,20,21,22,27). The summed E-state index contributed by atoms with van der Waals surface area (Å²) in [6, 6.07) is 5.29. The van der Waals surface area contributed by atoms with Crippen LogP contribution in [-0.2, 0) is 4.79 Å². The Labute approximate surface area is 156 Å². The summed E-state index contributed by atoms with van der Waals surface area (Å²) in [6.45, 7) is 4.03. The molecule has 0 atom stereocenters. The number of likely N-dealkylation sites (N-methyl/N-ethyl adjacent to an activating group) is 1. The van der Waals surface area contributed by atoms with Crippen LogP contribution in [0, 0.1) is 0 Å². The zero-order valence-electron chi connectivity index (χ0n) is 15.1. The molecule has 10 nitrogen and oxygen atoms in total. The summed E-state index contributed by atoms with van der Waals surface area (Å²) in [4.78, 5) is 25.8. The van der Waals surface area contributed by atoms with E-state index >= 15 is 0 Å². The lowest BCUT2D eigenvalue weighted by molar-refractivity contribution is -0.117. The normalized spacial score (nSPS) is 15.7. The SMILES string of the molecule is CN1CCN(CC(=O)Nc2cc(-n3cccn3)nc(-n3cccn3)n2)CC1. The van der Waals surface area contributed by atoms with Crippen molar-refractivity contribution in [1.29, 1.82) is 0 Å². The Kier molecular flexibility index (Phi) is 4.90. The molecule has 0 bridgehead atoms. The maximum atomic E-state index is 12.5. The number of carbonyl (C=O) groups is 1. The smallest absolute Gasteiger partial charge is 0.254 e. The van der Waals surface area contributed by atoms with Crippen LogP contribution >= 0.6 is 0 Å². The third kappa shape index (κ3) is 4.18. The zero-order valence-corrected chi connectivity index (χ0v) is 15.1. The quantitative estimate of drug-likeness (QED) is 0.680. The molecule has 0 unspecified atom stereocenters. The lowest BCUT2D eigenvalue weighted by Gasteiger charge is -2.31. The van der Waals surface area contributed by atoms with Gasteiger partial charge in [-0.3, -0.25) is 9.69 Å². The molecular weight excluding hydrogens is 346 g/mol. The molecule has 1 fully saturated rings. The van der Waals surface area contributed by atoms with Gasteiger partial charge in [0.15, 0.2) is 5.82 Å². The molecule has 140 valence electrons. The highest BCUT2D eigenvalue weighted by Crippen LogP contribution is 2.13. The van der Waals surface area contributed by atoms with Crippen molar-refractivity contribution in [1.82, 2.24) is 39.3 Å². The second kappa shape index (κ2) is 7.64. The molecule has 0 spiro atoms. The van der Waals surface area contributed by atoms with Crippen molar-refractivity contribution >= 4 is 11.7 Å². The Bertz CT molecular complexity index is 831. The maximum absolute atomic E-state index is 12.5. The van der Waals surface area contributed by atoms with Gasteiger partial charge in [0.25, 0.3) is 5.95 Å². The molecule has 3 aromatic rings. The summed E-state index contributed by atoms with van der Waals surface area (Å²) in [5, 5.41) is 11.2. The van der Waals surface area contributed by atoms with Gasteiger partial charge in [-0.2, -0.15) is 20.2 Å². The molecule has 0 aliphatic carbocycles. The lowest BCUT2D eigenvalue weighted by Crippen LogP contribution is -2.47. The summed E-state index contributed by atoms with van der Waals surface area (Å²) in [7, 11) is 2.09. The highest BCUT2D eigenvalue weighted by Gasteiger charge is 2.17. The van der Waals surface area contributed by atoms with Gasteiger partial charge in [0.05, 0.1) is 6.54 Å². The fraction of sp³-hybridized carbons (Fsp3) is 0.353. The third-order valence-corrected chi connectivity index (χ3v) is 4.38. The van der Waals surface area contributed by atoms with E-state index in [4.69, 9.17) is 0 Å². The summed E-state index contributed by atoms with van der Waals surface area (Å²) < 4.78 is 3.16. The molecule has 0 aromatic carbocycles. The van der Waals surface area contributed by atoms with Crippen molar-refractivity contribution in [3.8, 4) is 11.8 Å². The Morgan fingerprint density at radius 3 is 2.41 bits per heavy atom. The van der Waals surface area contributed by atoms with E-state index in [0.717, 1.165) is 26.2 Å². The van der Waals surface area contributed by atoms with Gasteiger partial charge in [-0.15, -0.1) is 0 Å². The second-order valence-corrected chi connectivity index (χ2v) is 6.44. The highest BCUT2D eigenvalue weighted by molar-refractivity contribution is 5.91. The number of amides is 1. The second-order valence-electron chi connectivity index (χ2n) is 6.44. The number of hydrogen-bond acceptors (Lipinski definition) is 7. The van der Waals surface area contributed by atoms with Crippen LogP contribution in [0.3, 0.4) is 0 Å². The minimum atomic E-state index is -0.101. The Hall–Kier alpha value is -3.11. The molecular formula is C17H21N9O. The fourth-order valence-electron chi connectivity index (χ4n) is 2.89. The number of carbonyl (C=O) groups excluding carboxylic acids is 1. The van der Waals surface area contributed by atoms with Crippen molar-refractivity contribution in [3.63, 3.8) is 0 Å². The molecule has 1 N–H and O–H groups in total. The van der Waals surface area contributed by atoms with Gasteiger partial charge in [-0.25, -0.2) is 9.36 Å². The third-order valence-electron chi connectivity index (χ3n) is 4.38. The van der Waals surface area contributed by atoms with Crippen LogP contribution in [-0.4, -0.2) is 85.0 Å². The number of rotatable bonds is 5. The molecule has 1 aliphatic rings. The molecule has 4 heterocycles. The Morgan fingerprint density at radius 2 is 1.74 bits per heavy atom. The summed E-state index contributed by atoms with van der Waals surface area (Å²) >= 11 is 0. The molecule has 27 heavy (non-hydrogen) atoms. The minimum absolute atomic E-state index is 0.101. The number of hydrogen-bond donors (Lipinski definition) is 1. The number of piperazine rings is 1. The van der Waals surface area contributed by atoms with Gasteiger partial charge < -0.3 is 10.2 Å². The van der Waals surface area contributed by atoms with E-state index in [2.05, 4.69) is 42.3 Å². The average molecular weight is 367 g/mol. The Balaban J connectivity index is 1.53. The number of aromatic nitrogens is 6. The van der Waals surface area contributed by atoms with E-state index in [-0.39, 0.29) is 5.91 Å². The van der Waals surface area contributed by atoms with E-state index in [1.807, 2.05) is 0 Å². The van der Waals surface area contributed by atoms with Gasteiger partial charge in [0, 0.05) is 57.0 Å². The Morgan fingerprint density at radius 1 is 1.04 bits per heavy atom. The molecule has 0 radical (unpaired) electrons. The largest absolute Gasteiger partial charge is 0.309 e. The minimum Gasteiger partial charge on any atom is -0.309 e. The molecule has 1 saturated heterocycles. The highest BCUT2D eigenvalue weighted by atomic mass is 16.2. The molecule has 3 aromatic heterocycles. The van der Waals surface area contributed by atoms with Crippen LogP contribution in [0.25, 0.3) is 11.8 Å². The van der Waals surface area contributed by atoms with Crippen molar-refractivity contribution in [3.05, 3.63) is 43.0 Å². The summed E-state index contributed by atoms with van der Waals surface area (Å²) in [5.74, 6) is 1.23. The van der Waals surface area contributed by atoms with E-state index in [1.54, 1.807) is 52.4 Å². The number of nitrogens with one attached hydrogen (secondary N) is 1. The van der Waals surface area contributed by atoms with Crippen LogP contribution < -0.4 is 5.32 Å². The first-order chi connectivity index (χ1) is 13.2. The molecule has 0 saturated carbocycles. The van der Waals surface area contributed by atoms with Crippen molar-refractivity contribution in [2.75, 3.05) is 45.1 Å². The van der Waals surface area contributed by atoms with Crippen LogP contribution in [0.15, 0.2) is 43.0 Å². The molecule has 1 amide bonds. The first-order valence-corrected chi connectivity index (χ1v) is 8.77. The monoisotopic (exact) mass is 367 g/mol.